The molecule has 0 bridgehead atoms. The predicted octanol–water partition coefficient (Wildman–Crippen LogP) is 1.41. The second kappa shape index (κ2) is 1.82. The molecule has 1 nitrogen and oxygen atoms in total. The van der Waals surface area contributed by atoms with Crippen LogP contribution in [-0.4, -0.2) is 0 Å². The van der Waals surface area contributed by atoms with Crippen molar-refractivity contribution >= 4 is 5.69 Å². The van der Waals surface area contributed by atoms with Crippen molar-refractivity contribution in [2.75, 3.05) is 5.73 Å². The maximum Gasteiger partial charge on any atom is 0.146 e. The summed E-state index contributed by atoms with van der Waals surface area (Å²) in [5.41, 5.74) is 5.35. The van der Waals surface area contributed by atoms with Crippen LogP contribution in [0, 0.1) is 5.82 Å². The zero-order valence-corrected chi connectivity index (χ0v) is 4.26. The average Bonchev–Trinajstić information content (AvgIpc) is 1.77. The Hall–Kier alpha value is -1.05. The smallest absolute Gasteiger partial charge is 0.146 e. The van der Waals surface area contributed by atoms with Gasteiger partial charge in [-0.3, -0.25) is 0 Å². The normalized spacial score (nSPS) is 9.12. The summed E-state index contributed by atoms with van der Waals surface area (Å²) in [4.78, 5) is 0. The lowest BCUT2D eigenvalue weighted by Gasteiger charge is -1.89. The molecule has 0 aliphatic heterocycles. The molecular weight excluding hydrogens is 111 g/mol. The number of benzene rings is 1. The minimum Gasteiger partial charge on any atom is -0.396 e. The molecule has 0 radical (unpaired) electrons. The van der Waals surface area contributed by atoms with Crippen LogP contribution in [0.3, 0.4) is 0 Å². The number of anilines is 1. The first-order valence-electron chi connectivity index (χ1n) is 2.31. The molecule has 0 spiro atoms. The van der Waals surface area contributed by atoms with E-state index in [0.717, 1.165) is 0 Å². The number of hydrogen-bond donors (Lipinski definition) is 1. The Morgan fingerprint density at radius 3 is 2.25 bits per heavy atom. The van der Waals surface area contributed by atoms with Crippen LogP contribution >= 0.6 is 0 Å². The third-order valence-corrected chi connectivity index (χ3v) is 0.905. The third kappa shape index (κ3) is 0.780. The molecule has 2 heteroatoms. The van der Waals surface area contributed by atoms with Gasteiger partial charge >= 0.3 is 0 Å². The molecule has 0 saturated heterocycles. The Bertz CT molecular complexity index is 165. The van der Waals surface area contributed by atoms with E-state index in [2.05, 4.69) is 0 Å². The van der Waals surface area contributed by atoms with Crippen molar-refractivity contribution in [1.82, 2.24) is 0 Å². The van der Waals surface area contributed by atoms with Gasteiger partial charge in [0.05, 0.1) is 5.69 Å². The van der Waals surface area contributed by atoms with Crippen molar-refractivity contribution < 1.29 is 4.39 Å². The highest BCUT2D eigenvalue weighted by atomic mass is 19.2. The van der Waals surface area contributed by atoms with Gasteiger partial charge < -0.3 is 5.73 Å². The van der Waals surface area contributed by atoms with Gasteiger partial charge in [0, 0.05) is 0 Å². The lowest BCUT2D eigenvalue weighted by molar-refractivity contribution is 0.632. The summed E-state index contributed by atoms with van der Waals surface area (Å²) in [7, 11) is 0. The second-order valence-electron chi connectivity index (χ2n) is 1.52. The molecule has 1 rings (SSSR count). The first kappa shape index (κ1) is 5.09. The predicted molar refractivity (Wildman–Crippen MR) is 30.8 cm³/mol. The largest absolute Gasteiger partial charge is 0.396 e. The highest BCUT2D eigenvalue weighted by Gasteiger charge is 1.89. The molecule has 0 heterocycles. The number of para-hydroxylation sites is 1. The van der Waals surface area contributed by atoms with E-state index in [1.807, 2.05) is 0 Å². The van der Waals surface area contributed by atoms with Gasteiger partial charge in [-0.1, -0.05) is 12.1 Å². The van der Waals surface area contributed by atoms with E-state index in [1.165, 1.54) is 12.1 Å². The zero-order chi connectivity index (χ0) is 5.98. The molecule has 0 fully saturated rings. The van der Waals surface area contributed by atoms with E-state index in [-0.39, 0.29) is 11.5 Å². The molecule has 1 aromatic carbocycles. The van der Waals surface area contributed by atoms with Crippen molar-refractivity contribution in [3.8, 4) is 0 Å². The van der Waals surface area contributed by atoms with Gasteiger partial charge in [-0.05, 0) is 12.1 Å². The summed E-state index contributed by atoms with van der Waals surface area (Å²) in [5, 5.41) is 0. The van der Waals surface area contributed by atoms with E-state index in [9.17, 15) is 4.39 Å². The maximum atomic E-state index is 12.2. The maximum absolute atomic E-state index is 12.2. The fourth-order valence-corrected chi connectivity index (χ4v) is 0.475. The van der Waals surface area contributed by atoms with Crippen molar-refractivity contribution in [3.63, 3.8) is 0 Å². The second-order valence-corrected chi connectivity index (χ2v) is 1.52. The van der Waals surface area contributed by atoms with Crippen molar-refractivity contribution in [1.29, 1.82) is 0 Å². The van der Waals surface area contributed by atoms with Crippen LogP contribution in [0.2, 0.25) is 0 Å². The Labute approximate surface area is 46.9 Å². The molecule has 42 valence electrons. The first-order valence-corrected chi connectivity index (χ1v) is 2.31. The summed E-state index contributed by atoms with van der Waals surface area (Å²) in [5.74, 6) is -0.354. The molecule has 0 atom stereocenters. The Morgan fingerprint density at radius 2 is 1.88 bits per heavy atom. The molecule has 2 N–H and O–H groups in total. The van der Waals surface area contributed by atoms with E-state index in [0.29, 0.717) is 0 Å². The van der Waals surface area contributed by atoms with Gasteiger partial charge in [0.15, 0.2) is 0 Å². The molecular formula is C6H6FN. The summed E-state index contributed by atoms with van der Waals surface area (Å²) in [6.07, 6.45) is 0. The van der Waals surface area contributed by atoms with Crippen LogP contribution in [0.5, 0.6) is 0 Å². The monoisotopic (exact) mass is 117 g/mol. The van der Waals surface area contributed by atoms with Crippen LogP contribution in [-0.2, 0) is 0 Å². The molecule has 0 aliphatic carbocycles. The van der Waals surface area contributed by atoms with Gasteiger partial charge in [-0.15, -0.1) is 0 Å². The minimum atomic E-state index is -0.354. The lowest BCUT2D eigenvalue weighted by Crippen LogP contribution is -1.86. The third-order valence-electron chi connectivity index (χ3n) is 0.905. The molecule has 0 unspecified atom stereocenters. The molecule has 0 aromatic heterocycles. The van der Waals surface area contributed by atoms with Crippen LogP contribution in [0.25, 0.3) is 0 Å². The quantitative estimate of drug-likeness (QED) is 0.511. The standard InChI is InChI=1S/C6H6FN/c7-5-3-1-2-4-6(5)8/h1-4H,8H2/i1+1,2+1,3+1,4+1,5+1,6+1. The fraction of sp³-hybridized carbons (Fsp3) is 0. The molecule has 1 aromatic rings. The van der Waals surface area contributed by atoms with Crippen LogP contribution in [0.15, 0.2) is 24.3 Å². The van der Waals surface area contributed by atoms with E-state index in [1.54, 1.807) is 12.1 Å². The topological polar surface area (TPSA) is 26.0 Å². The van der Waals surface area contributed by atoms with Crippen LogP contribution in [0.4, 0.5) is 10.1 Å². The number of rotatable bonds is 0. The van der Waals surface area contributed by atoms with Gasteiger partial charge in [0.1, 0.15) is 5.82 Å². The highest BCUT2D eigenvalue weighted by molar-refractivity contribution is 5.38. The van der Waals surface area contributed by atoms with E-state index < -0.39 is 0 Å². The number of nitrogens with two attached hydrogens (primary N) is 1. The minimum absolute atomic E-state index is 0.201. The van der Waals surface area contributed by atoms with Crippen LogP contribution in [0.1, 0.15) is 0 Å². The van der Waals surface area contributed by atoms with Gasteiger partial charge in [-0.25, -0.2) is 4.39 Å². The Balaban J connectivity index is 3.13. The SMILES string of the molecule is N[13c]1[13cH][13cH][13cH][13cH][13c]1F. The number of halogens is 1. The van der Waals surface area contributed by atoms with E-state index >= 15 is 0 Å². The Kier molecular flexibility index (Phi) is 1.16. The Morgan fingerprint density at radius 1 is 1.25 bits per heavy atom. The summed E-state index contributed by atoms with van der Waals surface area (Å²) in [6.45, 7) is 0. The van der Waals surface area contributed by atoms with Crippen LogP contribution < -0.4 is 5.73 Å². The van der Waals surface area contributed by atoms with Crippen molar-refractivity contribution in [2.45, 2.75) is 0 Å². The lowest BCUT2D eigenvalue weighted by atomic mass is 11.3. The fourth-order valence-electron chi connectivity index (χ4n) is 0.475. The summed E-state index contributed by atoms with van der Waals surface area (Å²) < 4.78 is 12.2. The van der Waals surface area contributed by atoms with E-state index in [4.69, 9.17) is 5.73 Å². The van der Waals surface area contributed by atoms with Gasteiger partial charge in [-0.2, -0.15) is 0 Å². The molecule has 0 aliphatic rings. The van der Waals surface area contributed by atoms with Crippen molar-refractivity contribution in [2.24, 2.45) is 0 Å². The first-order chi connectivity index (χ1) is 3.80. The number of hydrogen-bond acceptors (Lipinski definition) is 1. The highest BCUT2D eigenvalue weighted by Crippen LogP contribution is 2.05. The summed E-state index contributed by atoms with van der Waals surface area (Å²) >= 11 is 0. The molecule has 0 amide bonds. The number of nitrogen functional groups attached to an aromatic ring is 1. The summed E-state index contributed by atoms with van der Waals surface area (Å²) in [6, 6.07) is 6.15. The molecule has 8 heavy (non-hydrogen) atoms. The average molecular weight is 117 g/mol. The zero-order valence-electron chi connectivity index (χ0n) is 4.26. The van der Waals surface area contributed by atoms with Gasteiger partial charge in [0.25, 0.3) is 0 Å². The van der Waals surface area contributed by atoms with Crippen molar-refractivity contribution in [3.05, 3.63) is 30.1 Å². The van der Waals surface area contributed by atoms with Gasteiger partial charge in [0.2, 0.25) is 0 Å². The molecule has 0 saturated carbocycles.